The number of benzene rings is 2. The zero-order valence-electron chi connectivity index (χ0n) is 14.9. The molecule has 0 aliphatic carbocycles. The van der Waals surface area contributed by atoms with Crippen molar-refractivity contribution in [2.75, 3.05) is 18.1 Å². The van der Waals surface area contributed by atoms with Gasteiger partial charge in [0, 0.05) is 6.04 Å². The predicted molar refractivity (Wildman–Crippen MR) is 103 cm³/mol. The van der Waals surface area contributed by atoms with Gasteiger partial charge in [-0.25, -0.2) is 21.2 Å². The normalized spacial score (nSPS) is 22.0. The molecule has 0 radical (unpaired) electrons. The minimum Gasteiger partial charge on any atom is -0.311 e. The molecule has 1 aliphatic heterocycles. The van der Waals surface area contributed by atoms with Gasteiger partial charge in [0.15, 0.2) is 19.7 Å². The van der Waals surface area contributed by atoms with Gasteiger partial charge in [-0.15, -0.1) is 0 Å². The van der Waals surface area contributed by atoms with Gasteiger partial charge in [0.25, 0.3) is 0 Å². The van der Waals surface area contributed by atoms with E-state index in [-0.39, 0.29) is 16.2 Å². The molecule has 1 fully saturated rings. The summed E-state index contributed by atoms with van der Waals surface area (Å²) < 4.78 is 63.7. The van der Waals surface area contributed by atoms with E-state index in [4.69, 9.17) is 0 Å². The lowest BCUT2D eigenvalue weighted by molar-refractivity contribution is 0.528. The summed E-state index contributed by atoms with van der Waals surface area (Å²) in [5.74, 6) is -1.13. The monoisotopic (exact) mass is 411 g/mol. The Balaban J connectivity index is 1.79. The first-order valence-corrected chi connectivity index (χ1v) is 12.0. The van der Waals surface area contributed by atoms with Crippen LogP contribution < -0.4 is 5.32 Å². The van der Waals surface area contributed by atoms with Gasteiger partial charge < -0.3 is 5.32 Å². The van der Waals surface area contributed by atoms with Crippen molar-refractivity contribution in [1.29, 1.82) is 0 Å². The van der Waals surface area contributed by atoms with Crippen LogP contribution in [0.2, 0.25) is 0 Å². The Morgan fingerprint density at radius 2 is 1.81 bits per heavy atom. The first kappa shape index (κ1) is 20.0. The lowest BCUT2D eigenvalue weighted by Crippen LogP contribution is -2.44. The molecule has 0 bridgehead atoms. The summed E-state index contributed by atoms with van der Waals surface area (Å²) in [6.45, 7) is 1.95. The molecule has 0 spiro atoms. The summed E-state index contributed by atoms with van der Waals surface area (Å²) in [4.78, 5) is -0.0432. The van der Waals surface area contributed by atoms with Gasteiger partial charge in [0.2, 0.25) is 0 Å². The SMILES string of the molecule is Cc1cc(S(=O)(=O)[C@H]2CS(=O)(=O)C[C@@H]2NCCc2ccccc2)ccc1F. The number of hydrogen-bond acceptors (Lipinski definition) is 5. The largest absolute Gasteiger partial charge is 0.311 e. The van der Waals surface area contributed by atoms with Gasteiger partial charge >= 0.3 is 0 Å². The molecule has 146 valence electrons. The zero-order chi connectivity index (χ0) is 19.7. The Labute approximate surface area is 159 Å². The Morgan fingerprint density at radius 3 is 2.48 bits per heavy atom. The average molecular weight is 412 g/mol. The summed E-state index contributed by atoms with van der Waals surface area (Å²) in [6.07, 6.45) is 0.666. The van der Waals surface area contributed by atoms with Gasteiger partial charge in [-0.2, -0.15) is 0 Å². The fourth-order valence-electron chi connectivity index (χ4n) is 3.33. The average Bonchev–Trinajstić information content (AvgIpc) is 2.93. The molecule has 2 aromatic carbocycles. The standard InChI is InChI=1S/C19H22FNO4S2/c1-14-11-16(7-8-17(14)20)27(24,25)19-13-26(22,23)12-18(19)21-10-9-15-5-3-2-4-6-15/h2-8,11,18-19,21H,9-10,12-13H2,1H3/t18-,19-/m0/s1. The molecule has 1 heterocycles. The van der Waals surface area contributed by atoms with Crippen molar-refractivity contribution in [3.05, 3.63) is 65.5 Å². The maximum absolute atomic E-state index is 13.5. The number of hydrogen-bond donors (Lipinski definition) is 1. The van der Waals surface area contributed by atoms with Crippen LogP contribution >= 0.6 is 0 Å². The molecule has 27 heavy (non-hydrogen) atoms. The van der Waals surface area contributed by atoms with Crippen molar-refractivity contribution in [1.82, 2.24) is 5.32 Å². The molecule has 5 nitrogen and oxygen atoms in total. The Hall–Kier alpha value is -1.77. The van der Waals surface area contributed by atoms with E-state index < -0.39 is 42.5 Å². The summed E-state index contributed by atoms with van der Waals surface area (Å²) in [7, 11) is -7.37. The molecule has 8 heteroatoms. The molecule has 2 atom stereocenters. The van der Waals surface area contributed by atoms with Crippen molar-refractivity contribution < 1.29 is 21.2 Å². The molecule has 0 unspecified atom stereocenters. The van der Waals surface area contributed by atoms with E-state index >= 15 is 0 Å². The minimum absolute atomic E-state index is 0.0432. The molecule has 2 aromatic rings. The second-order valence-corrected chi connectivity index (χ2v) is 11.2. The van der Waals surface area contributed by atoms with Crippen molar-refractivity contribution in [3.63, 3.8) is 0 Å². The Kier molecular flexibility index (Phi) is 5.69. The third kappa shape index (κ3) is 4.56. The van der Waals surface area contributed by atoms with Crippen molar-refractivity contribution in [2.45, 2.75) is 29.5 Å². The molecular weight excluding hydrogens is 389 g/mol. The number of nitrogens with one attached hydrogen (secondary N) is 1. The van der Waals surface area contributed by atoms with Crippen LogP contribution in [0.3, 0.4) is 0 Å². The summed E-state index contributed by atoms with van der Waals surface area (Å²) in [5, 5.41) is 2.02. The van der Waals surface area contributed by atoms with E-state index in [9.17, 15) is 21.2 Å². The van der Waals surface area contributed by atoms with E-state index in [1.807, 2.05) is 30.3 Å². The van der Waals surface area contributed by atoms with Crippen molar-refractivity contribution >= 4 is 19.7 Å². The zero-order valence-corrected chi connectivity index (χ0v) is 16.6. The summed E-state index contributed by atoms with van der Waals surface area (Å²) in [5.41, 5.74) is 1.30. The molecule has 0 saturated carbocycles. The number of sulfone groups is 2. The van der Waals surface area contributed by atoms with Gasteiger partial charge in [0.1, 0.15) is 5.82 Å². The van der Waals surface area contributed by atoms with Crippen LogP contribution in [0.25, 0.3) is 0 Å². The van der Waals surface area contributed by atoms with Crippen LogP contribution in [0, 0.1) is 12.7 Å². The number of aryl methyl sites for hydroxylation is 1. The third-order valence-electron chi connectivity index (χ3n) is 4.82. The Bertz CT molecular complexity index is 1020. The maximum Gasteiger partial charge on any atom is 0.183 e. The molecular formula is C19H22FNO4S2. The molecule has 3 rings (SSSR count). The van der Waals surface area contributed by atoms with E-state index in [1.165, 1.54) is 19.1 Å². The van der Waals surface area contributed by atoms with Gasteiger partial charge in [-0.05, 0) is 49.2 Å². The lowest BCUT2D eigenvalue weighted by Gasteiger charge is -2.20. The number of halogens is 1. The first-order valence-electron chi connectivity index (χ1n) is 8.67. The summed E-state index contributed by atoms with van der Waals surface area (Å²) >= 11 is 0. The fourth-order valence-corrected chi connectivity index (χ4v) is 8.13. The van der Waals surface area contributed by atoms with E-state index in [2.05, 4.69) is 5.32 Å². The van der Waals surface area contributed by atoms with Crippen LogP contribution in [0.15, 0.2) is 53.4 Å². The highest BCUT2D eigenvalue weighted by Gasteiger charge is 2.45. The topological polar surface area (TPSA) is 80.3 Å². The van der Waals surface area contributed by atoms with Crippen LogP contribution in [0.4, 0.5) is 4.39 Å². The Morgan fingerprint density at radius 1 is 1.11 bits per heavy atom. The van der Waals surface area contributed by atoms with Gasteiger partial charge in [-0.3, -0.25) is 0 Å². The van der Waals surface area contributed by atoms with E-state index in [0.29, 0.717) is 13.0 Å². The summed E-state index contributed by atoms with van der Waals surface area (Å²) in [6, 6.07) is 12.5. The molecule has 0 aromatic heterocycles. The quantitative estimate of drug-likeness (QED) is 0.735. The maximum atomic E-state index is 13.5. The van der Waals surface area contributed by atoms with Crippen LogP contribution in [0.5, 0.6) is 0 Å². The minimum atomic E-state index is -3.90. The molecule has 1 saturated heterocycles. The highest BCUT2D eigenvalue weighted by molar-refractivity contribution is 7.96. The van der Waals surface area contributed by atoms with Crippen LogP contribution in [0.1, 0.15) is 11.1 Å². The first-order chi connectivity index (χ1) is 12.7. The van der Waals surface area contributed by atoms with Gasteiger partial charge in [0.05, 0.1) is 21.7 Å². The van der Waals surface area contributed by atoms with Gasteiger partial charge in [-0.1, -0.05) is 30.3 Å². The highest BCUT2D eigenvalue weighted by Crippen LogP contribution is 2.27. The van der Waals surface area contributed by atoms with E-state index in [1.54, 1.807) is 0 Å². The predicted octanol–water partition coefficient (Wildman–Crippen LogP) is 1.91. The van der Waals surface area contributed by atoms with Crippen LogP contribution in [-0.4, -0.2) is 46.2 Å². The van der Waals surface area contributed by atoms with E-state index in [0.717, 1.165) is 11.6 Å². The van der Waals surface area contributed by atoms with Crippen molar-refractivity contribution in [2.24, 2.45) is 0 Å². The second-order valence-electron chi connectivity index (χ2n) is 6.87. The number of rotatable bonds is 6. The third-order valence-corrected chi connectivity index (χ3v) is 8.97. The molecule has 0 amide bonds. The highest BCUT2D eigenvalue weighted by atomic mass is 32.2. The smallest absolute Gasteiger partial charge is 0.183 e. The second kappa shape index (κ2) is 7.69. The van der Waals surface area contributed by atoms with Crippen molar-refractivity contribution in [3.8, 4) is 0 Å². The lowest BCUT2D eigenvalue weighted by atomic mass is 10.1. The fraction of sp³-hybridized carbons (Fsp3) is 0.368. The van der Waals surface area contributed by atoms with Crippen LogP contribution in [-0.2, 0) is 26.1 Å². The molecule has 1 aliphatic rings. The molecule has 1 N–H and O–H groups in total.